The summed E-state index contributed by atoms with van der Waals surface area (Å²) >= 11 is 0. The van der Waals surface area contributed by atoms with Crippen LogP contribution < -0.4 is 20.9 Å². The minimum Gasteiger partial charge on any atom is -0.378 e. The van der Waals surface area contributed by atoms with E-state index in [2.05, 4.69) is 31.8 Å². The highest BCUT2D eigenvalue weighted by Gasteiger charge is 2.27. The van der Waals surface area contributed by atoms with Crippen molar-refractivity contribution >= 4 is 30.2 Å². The minimum absolute atomic E-state index is 0.00282. The van der Waals surface area contributed by atoms with Crippen LogP contribution >= 0.6 is 0 Å². The lowest BCUT2D eigenvalue weighted by molar-refractivity contribution is -0.128. The lowest BCUT2D eigenvalue weighted by Crippen LogP contribution is -2.45. The van der Waals surface area contributed by atoms with E-state index >= 15 is 0 Å². The maximum Gasteiger partial charge on any atom is 0.281 e. The van der Waals surface area contributed by atoms with Gasteiger partial charge in [-0.1, -0.05) is 6.58 Å². The molecule has 1 atom stereocenters. The van der Waals surface area contributed by atoms with E-state index in [1.165, 1.54) is 12.3 Å². The Kier molecular flexibility index (Phi) is 12.1. The SMILES string of the molecule is C=CC(=O)N1CCC(OCCCCN(CCNC=O)c2nc(-c3cnc(N)nc3C(F)F)nc(N3CCOCC3C)n2)CC1. The molecule has 2 aliphatic heterocycles. The predicted molar refractivity (Wildman–Crippen MR) is 159 cm³/mol. The number of hydrogen-bond acceptors (Lipinski definition) is 12. The van der Waals surface area contributed by atoms with E-state index in [-0.39, 0.29) is 41.3 Å². The molecule has 44 heavy (non-hydrogen) atoms. The number of aromatic nitrogens is 5. The Morgan fingerprint density at radius 2 is 2.02 bits per heavy atom. The summed E-state index contributed by atoms with van der Waals surface area (Å²) in [4.78, 5) is 49.9. The lowest BCUT2D eigenvalue weighted by Gasteiger charge is -2.34. The van der Waals surface area contributed by atoms with Crippen LogP contribution in [0.1, 0.15) is 44.7 Å². The van der Waals surface area contributed by atoms with E-state index in [1.807, 2.05) is 16.7 Å². The fourth-order valence-electron chi connectivity index (χ4n) is 5.11. The molecule has 3 N–H and O–H groups in total. The monoisotopic (exact) mass is 618 g/mol. The van der Waals surface area contributed by atoms with Gasteiger partial charge in [-0.25, -0.2) is 18.7 Å². The first-order valence-electron chi connectivity index (χ1n) is 14.8. The zero-order chi connectivity index (χ0) is 31.5. The summed E-state index contributed by atoms with van der Waals surface area (Å²) in [5.41, 5.74) is 4.99. The molecule has 2 aromatic heterocycles. The molecule has 2 aromatic rings. The maximum atomic E-state index is 14.0. The van der Waals surface area contributed by atoms with Gasteiger partial charge in [-0.3, -0.25) is 9.59 Å². The van der Waals surface area contributed by atoms with Crippen LogP contribution in [0, 0.1) is 0 Å². The Labute approximate surface area is 255 Å². The zero-order valence-electron chi connectivity index (χ0n) is 24.9. The number of amides is 2. The second-order valence-electron chi connectivity index (χ2n) is 10.6. The fraction of sp³-hybridized carbons (Fsp3) is 0.607. The van der Waals surface area contributed by atoms with Crippen molar-refractivity contribution in [1.82, 2.24) is 35.1 Å². The predicted octanol–water partition coefficient (Wildman–Crippen LogP) is 1.60. The first kappa shape index (κ1) is 32.9. The molecule has 1 unspecified atom stereocenters. The third kappa shape index (κ3) is 8.75. The third-order valence-corrected chi connectivity index (χ3v) is 7.52. The summed E-state index contributed by atoms with van der Waals surface area (Å²) in [6, 6.07) is -0.0619. The fourth-order valence-corrected chi connectivity index (χ4v) is 5.11. The van der Waals surface area contributed by atoms with Gasteiger partial charge in [0, 0.05) is 52.1 Å². The van der Waals surface area contributed by atoms with Gasteiger partial charge in [0.05, 0.1) is 30.9 Å². The number of nitrogens with zero attached hydrogens (tertiary/aromatic N) is 8. The van der Waals surface area contributed by atoms with Crippen molar-refractivity contribution in [2.75, 3.05) is 74.6 Å². The number of piperidine rings is 1. The normalized spacial score (nSPS) is 17.5. The second-order valence-corrected chi connectivity index (χ2v) is 10.6. The topological polar surface area (TPSA) is 165 Å². The molecular weight excluding hydrogens is 578 g/mol. The highest BCUT2D eigenvalue weighted by molar-refractivity contribution is 5.87. The molecule has 16 heteroatoms. The van der Waals surface area contributed by atoms with Gasteiger partial charge in [0.1, 0.15) is 5.69 Å². The molecule has 4 rings (SSSR count). The minimum atomic E-state index is -2.93. The molecule has 0 aliphatic carbocycles. The number of likely N-dealkylation sites (tertiary alicyclic amines) is 1. The molecule has 0 saturated carbocycles. The lowest BCUT2D eigenvalue weighted by atomic mass is 10.1. The Morgan fingerprint density at radius 3 is 2.73 bits per heavy atom. The molecule has 240 valence electrons. The molecular formula is C28H40F2N10O4. The maximum absolute atomic E-state index is 14.0. The van der Waals surface area contributed by atoms with E-state index in [4.69, 9.17) is 20.2 Å². The number of nitrogen functional groups attached to an aromatic ring is 1. The summed E-state index contributed by atoms with van der Waals surface area (Å²) in [6.45, 7) is 9.97. The van der Waals surface area contributed by atoms with Crippen LogP contribution in [0.2, 0.25) is 0 Å². The van der Waals surface area contributed by atoms with Crippen molar-refractivity contribution in [3.63, 3.8) is 0 Å². The van der Waals surface area contributed by atoms with Crippen molar-refractivity contribution in [3.05, 3.63) is 24.5 Å². The Hall–Kier alpha value is -4.05. The van der Waals surface area contributed by atoms with Gasteiger partial charge in [-0.15, -0.1) is 0 Å². The van der Waals surface area contributed by atoms with Gasteiger partial charge in [0.25, 0.3) is 6.43 Å². The number of ether oxygens (including phenoxy) is 2. The molecule has 0 radical (unpaired) electrons. The van der Waals surface area contributed by atoms with Crippen molar-refractivity contribution in [3.8, 4) is 11.4 Å². The summed E-state index contributed by atoms with van der Waals surface area (Å²) in [5.74, 6) is 0.246. The summed E-state index contributed by atoms with van der Waals surface area (Å²) < 4.78 is 39.6. The second kappa shape index (κ2) is 16.1. The average Bonchev–Trinajstić information content (AvgIpc) is 3.03. The van der Waals surface area contributed by atoms with Crippen LogP contribution in [0.4, 0.5) is 26.6 Å². The van der Waals surface area contributed by atoms with Crippen molar-refractivity contribution in [2.24, 2.45) is 0 Å². The molecule has 4 heterocycles. The smallest absolute Gasteiger partial charge is 0.281 e. The van der Waals surface area contributed by atoms with E-state index in [1.54, 1.807) is 4.90 Å². The van der Waals surface area contributed by atoms with E-state index in [0.717, 1.165) is 19.3 Å². The van der Waals surface area contributed by atoms with Gasteiger partial charge in [0.2, 0.25) is 30.2 Å². The summed E-state index contributed by atoms with van der Waals surface area (Å²) in [7, 11) is 0. The standard InChI is InChI=1S/C28H40F2N10O4/c1-3-22(42)38-10-6-20(7-11-38)44-14-5-4-9-39(12-8-32-18-41)27-35-25(21-16-33-26(31)34-23(21)24(29)30)36-28(37-27)40-13-15-43-17-19(40)2/h3,16,18-20,24H,1,4-15,17H2,2H3,(H,32,41)(H2,31,33,34). The van der Waals surface area contributed by atoms with Crippen LogP contribution in [-0.4, -0.2) is 113 Å². The van der Waals surface area contributed by atoms with E-state index in [0.29, 0.717) is 77.9 Å². The number of nitrogens with one attached hydrogen (secondary N) is 1. The number of carbonyl (C=O) groups excluding carboxylic acids is 2. The van der Waals surface area contributed by atoms with Crippen molar-refractivity contribution in [2.45, 2.75) is 51.2 Å². The highest BCUT2D eigenvalue weighted by Crippen LogP contribution is 2.30. The number of morpholine rings is 1. The van der Waals surface area contributed by atoms with Crippen LogP contribution in [0.3, 0.4) is 0 Å². The first-order valence-corrected chi connectivity index (χ1v) is 14.8. The number of alkyl halides is 2. The van der Waals surface area contributed by atoms with Gasteiger partial charge in [-0.2, -0.15) is 15.0 Å². The third-order valence-electron chi connectivity index (χ3n) is 7.52. The molecule has 0 aromatic carbocycles. The quantitative estimate of drug-likeness (QED) is 0.169. The van der Waals surface area contributed by atoms with Crippen molar-refractivity contribution < 1.29 is 27.8 Å². The molecule has 0 spiro atoms. The first-order chi connectivity index (χ1) is 21.3. The highest BCUT2D eigenvalue weighted by atomic mass is 19.3. The van der Waals surface area contributed by atoms with Gasteiger partial charge >= 0.3 is 0 Å². The van der Waals surface area contributed by atoms with Crippen LogP contribution in [0.5, 0.6) is 0 Å². The van der Waals surface area contributed by atoms with Gasteiger partial charge < -0.3 is 35.2 Å². The van der Waals surface area contributed by atoms with Gasteiger partial charge in [-0.05, 0) is 38.7 Å². The number of nitrogens with two attached hydrogens (primary N) is 1. The Morgan fingerprint density at radius 1 is 1.23 bits per heavy atom. The Balaban J connectivity index is 1.51. The zero-order valence-corrected chi connectivity index (χ0v) is 24.9. The number of rotatable bonds is 15. The molecule has 2 aliphatic rings. The van der Waals surface area contributed by atoms with Crippen LogP contribution in [0.15, 0.2) is 18.9 Å². The molecule has 2 fully saturated rings. The van der Waals surface area contributed by atoms with E-state index < -0.39 is 12.1 Å². The van der Waals surface area contributed by atoms with Crippen LogP contribution in [0.25, 0.3) is 11.4 Å². The summed E-state index contributed by atoms with van der Waals surface area (Å²) in [6.07, 6.45) is 3.31. The number of unbranched alkanes of at least 4 members (excludes halogenated alkanes) is 1. The largest absolute Gasteiger partial charge is 0.378 e. The van der Waals surface area contributed by atoms with Crippen molar-refractivity contribution in [1.29, 1.82) is 0 Å². The molecule has 2 amide bonds. The average molecular weight is 619 g/mol. The number of carbonyl (C=O) groups is 2. The molecule has 2 saturated heterocycles. The summed E-state index contributed by atoms with van der Waals surface area (Å²) in [5, 5.41) is 2.66. The number of halogens is 2. The van der Waals surface area contributed by atoms with E-state index in [9.17, 15) is 18.4 Å². The number of hydrogen-bond donors (Lipinski definition) is 2. The molecule has 14 nitrogen and oxygen atoms in total. The molecule has 0 bridgehead atoms. The van der Waals surface area contributed by atoms with Gasteiger partial charge in [0.15, 0.2) is 5.82 Å². The van der Waals surface area contributed by atoms with Crippen LogP contribution in [-0.2, 0) is 19.1 Å². The number of anilines is 3. The Bertz CT molecular complexity index is 1260.